The number of hydrogen-bond acceptors (Lipinski definition) is 3. The molecule has 0 spiro atoms. The first-order valence-electron chi connectivity index (χ1n) is 8.08. The van der Waals surface area contributed by atoms with E-state index in [1.54, 1.807) is 6.92 Å². The van der Waals surface area contributed by atoms with Gasteiger partial charge < -0.3 is 5.32 Å². The molecule has 144 valence electrons. The van der Waals surface area contributed by atoms with Gasteiger partial charge in [0.2, 0.25) is 0 Å². The van der Waals surface area contributed by atoms with Crippen LogP contribution in [0.15, 0.2) is 53.3 Å². The van der Waals surface area contributed by atoms with Gasteiger partial charge in [0.1, 0.15) is 17.3 Å². The van der Waals surface area contributed by atoms with E-state index < -0.39 is 29.1 Å². The Morgan fingerprint density at radius 2 is 1.75 bits per heavy atom. The predicted octanol–water partition coefficient (Wildman–Crippen LogP) is 4.31. The lowest BCUT2D eigenvalue weighted by Gasteiger charge is -2.16. The molecule has 1 heterocycles. The molecule has 0 radical (unpaired) electrons. The van der Waals surface area contributed by atoms with E-state index in [0.29, 0.717) is 11.3 Å². The minimum Gasteiger partial charge on any atom is -0.344 e. The summed E-state index contributed by atoms with van der Waals surface area (Å²) in [6, 6.07) is 9.25. The fraction of sp³-hybridized carbons (Fsp3) is 0.105. The normalized spacial score (nSPS) is 11.9. The summed E-state index contributed by atoms with van der Waals surface area (Å²) in [6.07, 6.45) is 0. The Kier molecular flexibility index (Phi) is 5.76. The quantitative estimate of drug-likeness (QED) is 0.635. The van der Waals surface area contributed by atoms with Crippen LogP contribution in [0.2, 0.25) is 10.0 Å². The Morgan fingerprint density at radius 1 is 1.07 bits per heavy atom. The van der Waals surface area contributed by atoms with Crippen molar-refractivity contribution in [3.8, 4) is 5.69 Å². The number of nitrogens with one attached hydrogen (secondary N) is 1. The SMILES string of the molecule is CC(NC(=O)c1ccc(=O)n(-c2ccc(F)cc2)n1)c1cc(F)c(Cl)cc1Cl. The summed E-state index contributed by atoms with van der Waals surface area (Å²) in [6.45, 7) is 1.61. The van der Waals surface area contributed by atoms with Crippen molar-refractivity contribution in [2.45, 2.75) is 13.0 Å². The molecule has 0 saturated heterocycles. The fourth-order valence-corrected chi connectivity index (χ4v) is 3.06. The van der Waals surface area contributed by atoms with Crippen molar-refractivity contribution in [1.29, 1.82) is 0 Å². The van der Waals surface area contributed by atoms with Gasteiger partial charge >= 0.3 is 0 Å². The van der Waals surface area contributed by atoms with Crippen LogP contribution in [0.5, 0.6) is 0 Å². The highest BCUT2D eigenvalue weighted by Gasteiger charge is 2.18. The molecule has 3 rings (SSSR count). The van der Waals surface area contributed by atoms with Crippen LogP contribution in [-0.4, -0.2) is 15.7 Å². The van der Waals surface area contributed by atoms with Gasteiger partial charge in [-0.1, -0.05) is 23.2 Å². The lowest BCUT2D eigenvalue weighted by atomic mass is 10.1. The van der Waals surface area contributed by atoms with Gasteiger partial charge in [0.25, 0.3) is 11.5 Å². The van der Waals surface area contributed by atoms with Gasteiger partial charge in [-0.2, -0.15) is 9.78 Å². The molecule has 0 bridgehead atoms. The minimum absolute atomic E-state index is 0.0543. The molecule has 9 heteroatoms. The predicted molar refractivity (Wildman–Crippen MR) is 102 cm³/mol. The molecular formula is C19H13Cl2F2N3O2. The maximum Gasteiger partial charge on any atom is 0.272 e. The van der Waals surface area contributed by atoms with Gasteiger partial charge in [-0.25, -0.2) is 8.78 Å². The van der Waals surface area contributed by atoms with Crippen LogP contribution in [0.1, 0.15) is 29.0 Å². The second kappa shape index (κ2) is 8.08. The molecule has 0 aliphatic heterocycles. The van der Waals surface area contributed by atoms with E-state index in [0.717, 1.165) is 10.7 Å². The largest absolute Gasteiger partial charge is 0.344 e. The summed E-state index contributed by atoms with van der Waals surface area (Å²) in [5, 5.41) is 6.72. The van der Waals surface area contributed by atoms with Crippen LogP contribution in [-0.2, 0) is 0 Å². The number of carbonyl (C=O) groups is 1. The zero-order valence-electron chi connectivity index (χ0n) is 14.4. The molecule has 0 saturated carbocycles. The lowest BCUT2D eigenvalue weighted by molar-refractivity contribution is 0.0933. The van der Waals surface area contributed by atoms with Crippen LogP contribution in [0.3, 0.4) is 0 Å². The van der Waals surface area contributed by atoms with E-state index in [9.17, 15) is 18.4 Å². The molecule has 0 aliphatic carbocycles. The third-order valence-corrected chi connectivity index (χ3v) is 4.57. The van der Waals surface area contributed by atoms with Crippen molar-refractivity contribution in [2.24, 2.45) is 0 Å². The summed E-state index contributed by atoms with van der Waals surface area (Å²) in [5.41, 5.74) is 0.0982. The molecule has 28 heavy (non-hydrogen) atoms. The number of hydrogen-bond donors (Lipinski definition) is 1. The highest BCUT2D eigenvalue weighted by atomic mass is 35.5. The zero-order chi connectivity index (χ0) is 20.4. The second-order valence-electron chi connectivity index (χ2n) is 5.93. The van der Waals surface area contributed by atoms with Crippen molar-refractivity contribution in [3.63, 3.8) is 0 Å². The number of amides is 1. The van der Waals surface area contributed by atoms with Gasteiger partial charge in [0.05, 0.1) is 16.8 Å². The van der Waals surface area contributed by atoms with Crippen molar-refractivity contribution in [3.05, 3.63) is 91.8 Å². The average molecular weight is 424 g/mol. The standard InChI is InChI=1S/C19H13Cl2F2N3O2/c1-10(13-8-16(23)15(21)9-14(13)20)24-19(28)17-6-7-18(27)26(25-17)12-4-2-11(22)3-5-12/h2-10H,1H3,(H,24,28). The van der Waals surface area contributed by atoms with Gasteiger partial charge in [-0.3, -0.25) is 9.59 Å². The number of carbonyl (C=O) groups excluding carboxylic acids is 1. The third kappa shape index (κ3) is 4.21. The Morgan fingerprint density at radius 3 is 2.43 bits per heavy atom. The zero-order valence-corrected chi connectivity index (χ0v) is 15.9. The molecule has 0 aliphatic rings. The van der Waals surface area contributed by atoms with Crippen LogP contribution < -0.4 is 10.9 Å². The first-order chi connectivity index (χ1) is 13.3. The van der Waals surface area contributed by atoms with Crippen LogP contribution in [0, 0.1) is 11.6 Å². The van der Waals surface area contributed by atoms with Crippen LogP contribution in [0.25, 0.3) is 5.69 Å². The Balaban J connectivity index is 1.87. The van der Waals surface area contributed by atoms with E-state index in [4.69, 9.17) is 23.2 Å². The van der Waals surface area contributed by atoms with Gasteiger partial charge in [0, 0.05) is 11.1 Å². The summed E-state index contributed by atoms with van der Waals surface area (Å²) < 4.78 is 27.8. The van der Waals surface area contributed by atoms with Gasteiger partial charge in [-0.15, -0.1) is 0 Å². The van der Waals surface area contributed by atoms with E-state index in [-0.39, 0.29) is 15.7 Å². The second-order valence-corrected chi connectivity index (χ2v) is 6.74. The first-order valence-corrected chi connectivity index (χ1v) is 8.83. The smallest absolute Gasteiger partial charge is 0.272 e. The monoisotopic (exact) mass is 423 g/mol. The van der Waals surface area contributed by atoms with Crippen LogP contribution >= 0.6 is 23.2 Å². The molecule has 0 fully saturated rings. The summed E-state index contributed by atoms with van der Waals surface area (Å²) in [5.74, 6) is -1.73. The highest BCUT2D eigenvalue weighted by Crippen LogP contribution is 2.28. The Hall–Kier alpha value is -2.77. The Labute approximate surface area is 168 Å². The maximum atomic E-state index is 13.7. The number of rotatable bonds is 4. The van der Waals surface area contributed by atoms with Crippen molar-refractivity contribution in [2.75, 3.05) is 0 Å². The molecule has 1 amide bonds. The molecule has 1 atom stereocenters. The fourth-order valence-electron chi connectivity index (χ4n) is 2.52. The molecule has 5 nitrogen and oxygen atoms in total. The topological polar surface area (TPSA) is 64.0 Å². The Bertz CT molecular complexity index is 1100. The number of halogens is 4. The molecule has 2 aromatic carbocycles. The van der Waals surface area contributed by atoms with E-state index in [2.05, 4.69) is 10.4 Å². The minimum atomic E-state index is -0.662. The highest BCUT2D eigenvalue weighted by molar-refractivity contribution is 6.35. The van der Waals surface area contributed by atoms with E-state index >= 15 is 0 Å². The lowest BCUT2D eigenvalue weighted by Crippen LogP contribution is -2.30. The van der Waals surface area contributed by atoms with Crippen LogP contribution in [0.4, 0.5) is 8.78 Å². The molecule has 1 unspecified atom stereocenters. The number of benzene rings is 2. The molecule has 3 aromatic rings. The summed E-state index contributed by atoms with van der Waals surface area (Å²) >= 11 is 11.8. The third-order valence-electron chi connectivity index (χ3n) is 3.96. The molecule has 1 N–H and O–H groups in total. The van der Waals surface area contributed by atoms with Gasteiger partial charge in [-0.05, 0) is 55.0 Å². The summed E-state index contributed by atoms with van der Waals surface area (Å²) in [7, 11) is 0. The summed E-state index contributed by atoms with van der Waals surface area (Å²) in [4.78, 5) is 24.6. The first kappa shape index (κ1) is 20.0. The average Bonchev–Trinajstić information content (AvgIpc) is 2.65. The van der Waals surface area contributed by atoms with Crippen molar-refractivity contribution >= 4 is 29.1 Å². The van der Waals surface area contributed by atoms with E-state index in [1.165, 1.54) is 42.5 Å². The van der Waals surface area contributed by atoms with E-state index in [1.807, 2.05) is 0 Å². The maximum absolute atomic E-state index is 13.7. The number of aromatic nitrogens is 2. The van der Waals surface area contributed by atoms with Gasteiger partial charge in [0.15, 0.2) is 0 Å². The molecule has 1 aromatic heterocycles. The number of nitrogens with zero attached hydrogens (tertiary/aromatic N) is 2. The van der Waals surface area contributed by atoms with Crippen molar-refractivity contribution < 1.29 is 13.6 Å². The van der Waals surface area contributed by atoms with Crippen molar-refractivity contribution in [1.82, 2.24) is 15.1 Å². The molecular weight excluding hydrogens is 411 g/mol.